The van der Waals surface area contributed by atoms with Crippen LogP contribution in [0.3, 0.4) is 0 Å². The predicted molar refractivity (Wildman–Crippen MR) is 93.4 cm³/mol. The van der Waals surface area contributed by atoms with Gasteiger partial charge in [-0.25, -0.2) is 0 Å². The molecule has 1 aliphatic carbocycles. The summed E-state index contributed by atoms with van der Waals surface area (Å²) < 4.78 is 1.80. The molecule has 0 bridgehead atoms. The number of aromatic nitrogens is 3. The zero-order chi connectivity index (χ0) is 17.4. The van der Waals surface area contributed by atoms with E-state index in [9.17, 15) is 9.59 Å². The number of thioether (sulfide) groups is 1. The van der Waals surface area contributed by atoms with Gasteiger partial charge in [0.05, 0.1) is 5.75 Å². The van der Waals surface area contributed by atoms with Crippen molar-refractivity contribution in [1.29, 1.82) is 0 Å². The average molecular weight is 351 g/mol. The average Bonchev–Trinajstić information content (AvgIpc) is 2.92. The van der Waals surface area contributed by atoms with Crippen molar-refractivity contribution in [3.05, 3.63) is 17.5 Å². The fraction of sp³-hybridized carbons (Fsp3) is 0.625. The first kappa shape index (κ1) is 18.5. The zero-order valence-electron chi connectivity index (χ0n) is 14.1. The van der Waals surface area contributed by atoms with Crippen molar-refractivity contribution in [1.82, 2.24) is 20.1 Å². The SMILES string of the molecule is Cn1c(CCC(N)=O)nnc1SCC(=O)NCCC1=CCCCC1. The molecule has 1 aliphatic rings. The lowest BCUT2D eigenvalue weighted by Gasteiger charge is -2.12. The van der Waals surface area contributed by atoms with Crippen LogP contribution in [0.5, 0.6) is 0 Å². The molecule has 0 saturated heterocycles. The van der Waals surface area contributed by atoms with Gasteiger partial charge in [0.2, 0.25) is 11.8 Å². The summed E-state index contributed by atoms with van der Waals surface area (Å²) in [6.07, 6.45) is 8.83. The smallest absolute Gasteiger partial charge is 0.230 e. The van der Waals surface area contributed by atoms with Gasteiger partial charge in [-0.1, -0.05) is 23.4 Å². The maximum atomic E-state index is 11.9. The molecule has 0 fully saturated rings. The monoisotopic (exact) mass is 351 g/mol. The lowest BCUT2D eigenvalue weighted by Crippen LogP contribution is -2.26. The molecule has 0 unspecified atom stereocenters. The highest BCUT2D eigenvalue weighted by molar-refractivity contribution is 7.99. The van der Waals surface area contributed by atoms with Gasteiger partial charge >= 0.3 is 0 Å². The molecule has 0 atom stereocenters. The molecule has 8 heteroatoms. The van der Waals surface area contributed by atoms with E-state index in [4.69, 9.17) is 5.73 Å². The van der Waals surface area contributed by atoms with Crippen LogP contribution in [0, 0.1) is 0 Å². The summed E-state index contributed by atoms with van der Waals surface area (Å²) in [6, 6.07) is 0. The van der Waals surface area contributed by atoms with Gasteiger partial charge in [0.1, 0.15) is 5.82 Å². The van der Waals surface area contributed by atoms with E-state index in [0.29, 0.717) is 29.7 Å². The van der Waals surface area contributed by atoms with Crippen molar-refractivity contribution in [2.24, 2.45) is 12.8 Å². The standard InChI is InChI=1S/C16H25N5O2S/c1-21-14(8-7-13(17)22)19-20-16(21)24-11-15(23)18-10-9-12-5-3-2-4-6-12/h5H,2-4,6-11H2,1H3,(H2,17,22)(H,18,23). The lowest BCUT2D eigenvalue weighted by atomic mass is 9.97. The largest absolute Gasteiger partial charge is 0.370 e. The number of nitrogens with two attached hydrogens (primary N) is 1. The van der Waals surface area contributed by atoms with Crippen LogP contribution in [0.4, 0.5) is 0 Å². The number of nitrogens with one attached hydrogen (secondary N) is 1. The van der Waals surface area contributed by atoms with Crippen LogP contribution in [0.15, 0.2) is 16.8 Å². The Morgan fingerprint density at radius 1 is 1.33 bits per heavy atom. The fourth-order valence-corrected chi connectivity index (χ4v) is 3.36. The number of rotatable bonds is 9. The van der Waals surface area contributed by atoms with E-state index in [0.717, 1.165) is 12.8 Å². The minimum atomic E-state index is -0.361. The number of carbonyl (C=O) groups is 2. The molecule has 7 nitrogen and oxygen atoms in total. The van der Waals surface area contributed by atoms with E-state index < -0.39 is 0 Å². The van der Waals surface area contributed by atoms with E-state index >= 15 is 0 Å². The number of carbonyl (C=O) groups excluding carboxylic acids is 2. The summed E-state index contributed by atoms with van der Waals surface area (Å²) in [5.74, 6) is 0.639. The first-order valence-electron chi connectivity index (χ1n) is 8.30. The second kappa shape index (κ2) is 9.46. The van der Waals surface area contributed by atoms with Crippen molar-refractivity contribution >= 4 is 23.6 Å². The van der Waals surface area contributed by atoms with E-state index in [-0.39, 0.29) is 18.2 Å². The van der Waals surface area contributed by atoms with Gasteiger partial charge in [-0.2, -0.15) is 0 Å². The Labute approximate surface area is 146 Å². The van der Waals surface area contributed by atoms with Crippen LogP contribution in [0.1, 0.15) is 44.3 Å². The Kier molecular flexibility index (Phi) is 7.30. The number of hydrogen-bond donors (Lipinski definition) is 2. The predicted octanol–water partition coefficient (Wildman–Crippen LogP) is 1.33. The number of aryl methyl sites for hydroxylation is 1. The Balaban J connectivity index is 1.69. The van der Waals surface area contributed by atoms with E-state index in [1.807, 2.05) is 7.05 Å². The van der Waals surface area contributed by atoms with Gasteiger partial charge in [-0.3, -0.25) is 9.59 Å². The molecule has 0 spiro atoms. The summed E-state index contributed by atoms with van der Waals surface area (Å²) in [7, 11) is 1.83. The van der Waals surface area contributed by atoms with Crippen LogP contribution in [-0.4, -0.2) is 38.9 Å². The van der Waals surface area contributed by atoms with Gasteiger partial charge in [0.15, 0.2) is 5.16 Å². The number of amides is 2. The maximum absolute atomic E-state index is 11.9. The van der Waals surface area contributed by atoms with Gasteiger partial charge in [0, 0.05) is 26.4 Å². The van der Waals surface area contributed by atoms with Crippen LogP contribution in [0.25, 0.3) is 0 Å². The fourth-order valence-electron chi connectivity index (χ4n) is 2.60. The Morgan fingerprint density at radius 3 is 2.88 bits per heavy atom. The van der Waals surface area contributed by atoms with E-state index in [1.165, 1.54) is 36.6 Å². The van der Waals surface area contributed by atoms with Crippen LogP contribution in [-0.2, 0) is 23.1 Å². The third-order valence-corrected chi connectivity index (χ3v) is 5.03. The Hall–Kier alpha value is -1.83. The number of primary amides is 1. The molecule has 1 aromatic heterocycles. The molecule has 0 aromatic carbocycles. The quantitative estimate of drug-likeness (QED) is 0.516. The number of nitrogens with zero attached hydrogens (tertiary/aromatic N) is 3. The summed E-state index contributed by atoms with van der Waals surface area (Å²) >= 11 is 1.34. The van der Waals surface area contributed by atoms with Crippen molar-refractivity contribution in [2.75, 3.05) is 12.3 Å². The highest BCUT2D eigenvalue weighted by atomic mass is 32.2. The van der Waals surface area contributed by atoms with E-state index in [2.05, 4.69) is 21.6 Å². The van der Waals surface area contributed by atoms with Crippen LogP contribution < -0.4 is 11.1 Å². The maximum Gasteiger partial charge on any atom is 0.230 e. The van der Waals surface area contributed by atoms with Crippen LogP contribution in [0.2, 0.25) is 0 Å². The molecule has 0 aliphatic heterocycles. The molecular weight excluding hydrogens is 326 g/mol. The lowest BCUT2D eigenvalue weighted by molar-refractivity contribution is -0.119. The molecule has 0 radical (unpaired) electrons. The van der Waals surface area contributed by atoms with Gasteiger partial charge < -0.3 is 15.6 Å². The minimum Gasteiger partial charge on any atom is -0.370 e. The molecule has 1 heterocycles. The third kappa shape index (κ3) is 5.99. The van der Waals surface area contributed by atoms with Gasteiger partial charge in [-0.15, -0.1) is 10.2 Å². The van der Waals surface area contributed by atoms with Gasteiger partial charge in [0.25, 0.3) is 0 Å². The molecule has 2 amide bonds. The summed E-state index contributed by atoms with van der Waals surface area (Å²) in [5.41, 5.74) is 6.60. The molecule has 1 aromatic rings. The Morgan fingerprint density at radius 2 is 2.17 bits per heavy atom. The van der Waals surface area contributed by atoms with Crippen molar-refractivity contribution in [3.8, 4) is 0 Å². The first-order chi connectivity index (χ1) is 11.6. The summed E-state index contributed by atoms with van der Waals surface area (Å²) in [4.78, 5) is 22.7. The normalized spacial score (nSPS) is 14.3. The first-order valence-corrected chi connectivity index (χ1v) is 9.29. The highest BCUT2D eigenvalue weighted by Gasteiger charge is 2.12. The summed E-state index contributed by atoms with van der Waals surface area (Å²) in [5, 5.41) is 11.7. The van der Waals surface area contributed by atoms with Crippen molar-refractivity contribution in [3.63, 3.8) is 0 Å². The highest BCUT2D eigenvalue weighted by Crippen LogP contribution is 2.19. The zero-order valence-corrected chi connectivity index (χ0v) is 14.9. The molecule has 3 N–H and O–H groups in total. The van der Waals surface area contributed by atoms with Gasteiger partial charge in [-0.05, 0) is 32.1 Å². The number of allylic oxidation sites excluding steroid dienone is 1. The third-order valence-electron chi connectivity index (χ3n) is 4.01. The molecule has 0 saturated carbocycles. The Bertz CT molecular complexity index is 612. The second-order valence-electron chi connectivity index (χ2n) is 5.92. The van der Waals surface area contributed by atoms with Crippen LogP contribution >= 0.6 is 11.8 Å². The molecule has 132 valence electrons. The number of hydrogen-bond acceptors (Lipinski definition) is 5. The van der Waals surface area contributed by atoms with Crippen molar-refractivity contribution in [2.45, 2.75) is 50.1 Å². The van der Waals surface area contributed by atoms with E-state index in [1.54, 1.807) is 4.57 Å². The topological polar surface area (TPSA) is 103 Å². The molecule has 2 rings (SSSR count). The molecular formula is C16H25N5O2S. The second-order valence-corrected chi connectivity index (χ2v) is 6.86. The summed E-state index contributed by atoms with van der Waals surface area (Å²) in [6.45, 7) is 0.688. The van der Waals surface area contributed by atoms with Crippen molar-refractivity contribution < 1.29 is 9.59 Å². The minimum absolute atomic E-state index is 0.00176. The molecule has 24 heavy (non-hydrogen) atoms.